The topological polar surface area (TPSA) is 82.6 Å². The van der Waals surface area contributed by atoms with Gasteiger partial charge in [0.1, 0.15) is 17.5 Å². The number of H-pyrrole nitrogens is 1. The van der Waals surface area contributed by atoms with Crippen molar-refractivity contribution < 1.29 is 0 Å². The van der Waals surface area contributed by atoms with Crippen LogP contribution in [0, 0.1) is 13.8 Å². The smallest absolute Gasteiger partial charge is 0.135 e. The number of anilines is 2. The molecule has 1 saturated heterocycles. The molecule has 1 aliphatic heterocycles. The van der Waals surface area contributed by atoms with Crippen LogP contribution in [0.25, 0.3) is 0 Å². The van der Waals surface area contributed by atoms with E-state index in [0.717, 1.165) is 53.9 Å². The van der Waals surface area contributed by atoms with Crippen molar-refractivity contribution in [1.82, 2.24) is 29.8 Å². The molecule has 0 aromatic carbocycles. The molecule has 0 bridgehead atoms. The molecule has 7 heteroatoms. The minimum Gasteiger partial charge on any atom is -0.347 e. The highest BCUT2D eigenvalue weighted by atomic mass is 15.2. The number of hydrogen-bond donors (Lipinski definition) is 2. The van der Waals surface area contributed by atoms with Crippen molar-refractivity contribution in [2.75, 3.05) is 11.9 Å². The first-order valence-electron chi connectivity index (χ1n) is 8.94. The SMILES string of the molecule is Cc1nc(Nc2ncccc2C)cc(C2CCCN2Cc2cnc[nH]2)n1. The highest BCUT2D eigenvalue weighted by Crippen LogP contribution is 2.33. The predicted octanol–water partition coefficient (Wildman–Crippen LogP) is 3.29. The van der Waals surface area contributed by atoms with Crippen LogP contribution >= 0.6 is 0 Å². The van der Waals surface area contributed by atoms with Crippen LogP contribution in [0.2, 0.25) is 0 Å². The average molecular weight is 349 g/mol. The van der Waals surface area contributed by atoms with Crippen molar-refractivity contribution in [3.63, 3.8) is 0 Å². The molecule has 26 heavy (non-hydrogen) atoms. The Morgan fingerprint density at radius 3 is 3.04 bits per heavy atom. The predicted molar refractivity (Wildman–Crippen MR) is 100.0 cm³/mol. The summed E-state index contributed by atoms with van der Waals surface area (Å²) < 4.78 is 0. The second-order valence-corrected chi connectivity index (χ2v) is 6.72. The van der Waals surface area contributed by atoms with Crippen molar-refractivity contribution in [2.24, 2.45) is 0 Å². The third kappa shape index (κ3) is 3.57. The van der Waals surface area contributed by atoms with E-state index in [-0.39, 0.29) is 0 Å². The maximum atomic E-state index is 4.72. The number of aryl methyl sites for hydroxylation is 2. The Bertz CT molecular complexity index is 875. The van der Waals surface area contributed by atoms with Gasteiger partial charge in [-0.2, -0.15) is 0 Å². The molecule has 3 aromatic rings. The fourth-order valence-corrected chi connectivity index (χ4v) is 3.50. The van der Waals surface area contributed by atoms with Gasteiger partial charge in [-0.3, -0.25) is 4.90 Å². The normalized spacial score (nSPS) is 17.5. The summed E-state index contributed by atoms with van der Waals surface area (Å²) in [5.74, 6) is 2.40. The van der Waals surface area contributed by atoms with Gasteiger partial charge < -0.3 is 10.3 Å². The highest BCUT2D eigenvalue weighted by Gasteiger charge is 2.28. The number of aromatic amines is 1. The van der Waals surface area contributed by atoms with Crippen LogP contribution in [-0.4, -0.2) is 36.4 Å². The fourth-order valence-electron chi connectivity index (χ4n) is 3.50. The van der Waals surface area contributed by atoms with Crippen LogP contribution in [0.1, 0.15) is 41.7 Å². The molecule has 0 spiro atoms. The van der Waals surface area contributed by atoms with Crippen molar-refractivity contribution in [2.45, 2.75) is 39.3 Å². The second-order valence-electron chi connectivity index (χ2n) is 6.72. The third-order valence-electron chi connectivity index (χ3n) is 4.75. The number of likely N-dealkylation sites (tertiary alicyclic amines) is 1. The summed E-state index contributed by atoms with van der Waals surface area (Å²) in [4.78, 5) is 23.4. The van der Waals surface area contributed by atoms with E-state index in [1.54, 1.807) is 12.5 Å². The van der Waals surface area contributed by atoms with Crippen LogP contribution in [0.3, 0.4) is 0 Å². The molecular weight excluding hydrogens is 326 g/mol. The molecule has 0 aliphatic carbocycles. The zero-order chi connectivity index (χ0) is 17.9. The van der Waals surface area contributed by atoms with Crippen molar-refractivity contribution in [3.8, 4) is 0 Å². The Hall–Kier alpha value is -2.80. The zero-order valence-corrected chi connectivity index (χ0v) is 15.1. The van der Waals surface area contributed by atoms with Gasteiger partial charge in [0.25, 0.3) is 0 Å². The summed E-state index contributed by atoms with van der Waals surface area (Å²) in [6, 6.07) is 6.32. The van der Waals surface area contributed by atoms with Crippen LogP contribution in [0.4, 0.5) is 11.6 Å². The molecule has 1 aliphatic rings. The molecule has 1 fully saturated rings. The van der Waals surface area contributed by atoms with Gasteiger partial charge in [-0.25, -0.2) is 19.9 Å². The first-order chi connectivity index (χ1) is 12.7. The zero-order valence-electron chi connectivity index (χ0n) is 15.1. The average Bonchev–Trinajstić information content (AvgIpc) is 3.29. The molecule has 2 N–H and O–H groups in total. The van der Waals surface area contributed by atoms with Gasteiger partial charge in [0.05, 0.1) is 18.1 Å². The maximum absolute atomic E-state index is 4.72. The van der Waals surface area contributed by atoms with Crippen molar-refractivity contribution in [3.05, 3.63) is 59.7 Å². The van der Waals surface area contributed by atoms with E-state index >= 15 is 0 Å². The Kier molecular flexibility index (Phi) is 4.62. The minimum absolute atomic E-state index is 0.297. The molecule has 1 unspecified atom stereocenters. The Morgan fingerprint density at radius 1 is 1.31 bits per heavy atom. The lowest BCUT2D eigenvalue weighted by Crippen LogP contribution is -2.24. The maximum Gasteiger partial charge on any atom is 0.135 e. The lowest BCUT2D eigenvalue weighted by Gasteiger charge is -2.24. The summed E-state index contributed by atoms with van der Waals surface area (Å²) in [5, 5.41) is 3.34. The summed E-state index contributed by atoms with van der Waals surface area (Å²) >= 11 is 0. The summed E-state index contributed by atoms with van der Waals surface area (Å²) in [6.45, 7) is 5.90. The standard InChI is InChI=1S/C19H23N7/c1-13-5-3-7-21-19(13)25-18-9-16(23-14(2)24-18)17-6-4-8-26(17)11-15-10-20-12-22-15/h3,5,7,9-10,12,17H,4,6,8,11H2,1-2H3,(H,20,22)(H,21,23,24,25). The number of hydrogen-bond acceptors (Lipinski definition) is 6. The highest BCUT2D eigenvalue weighted by molar-refractivity contribution is 5.55. The van der Waals surface area contributed by atoms with Crippen LogP contribution in [-0.2, 0) is 6.54 Å². The van der Waals surface area contributed by atoms with Gasteiger partial charge in [0.2, 0.25) is 0 Å². The number of aromatic nitrogens is 5. The quantitative estimate of drug-likeness (QED) is 0.735. The first kappa shape index (κ1) is 16.7. The van der Waals surface area contributed by atoms with E-state index in [1.165, 1.54) is 6.42 Å². The monoisotopic (exact) mass is 349 g/mol. The molecule has 0 radical (unpaired) electrons. The van der Waals surface area contributed by atoms with Gasteiger partial charge in [0.15, 0.2) is 0 Å². The van der Waals surface area contributed by atoms with Crippen molar-refractivity contribution in [1.29, 1.82) is 0 Å². The van der Waals surface area contributed by atoms with Crippen LogP contribution in [0.15, 0.2) is 36.9 Å². The molecule has 0 amide bonds. The largest absolute Gasteiger partial charge is 0.347 e. The molecule has 0 saturated carbocycles. The number of rotatable bonds is 5. The Balaban J connectivity index is 1.58. The van der Waals surface area contributed by atoms with Crippen LogP contribution in [0.5, 0.6) is 0 Å². The van der Waals surface area contributed by atoms with E-state index in [9.17, 15) is 0 Å². The molecule has 4 heterocycles. The van der Waals surface area contributed by atoms with Crippen molar-refractivity contribution >= 4 is 11.6 Å². The minimum atomic E-state index is 0.297. The lowest BCUT2D eigenvalue weighted by molar-refractivity contribution is 0.241. The molecule has 3 aromatic heterocycles. The van der Waals surface area contributed by atoms with E-state index < -0.39 is 0 Å². The summed E-state index contributed by atoms with van der Waals surface area (Å²) in [6.07, 6.45) is 7.67. The second kappa shape index (κ2) is 7.21. The number of imidazole rings is 1. The van der Waals surface area contributed by atoms with Gasteiger partial charge in [-0.1, -0.05) is 6.07 Å². The number of nitrogens with one attached hydrogen (secondary N) is 2. The molecular formula is C19H23N7. The molecule has 4 rings (SSSR count). The van der Waals surface area contributed by atoms with Gasteiger partial charge >= 0.3 is 0 Å². The first-order valence-corrected chi connectivity index (χ1v) is 8.94. The van der Waals surface area contributed by atoms with Gasteiger partial charge in [-0.15, -0.1) is 0 Å². The Morgan fingerprint density at radius 2 is 2.23 bits per heavy atom. The lowest BCUT2D eigenvalue weighted by atomic mass is 10.1. The van der Waals surface area contributed by atoms with Crippen LogP contribution < -0.4 is 5.32 Å². The summed E-state index contributed by atoms with van der Waals surface area (Å²) in [5.41, 5.74) is 3.28. The van der Waals surface area contributed by atoms with E-state index in [0.29, 0.717) is 6.04 Å². The third-order valence-corrected chi connectivity index (χ3v) is 4.75. The fraction of sp³-hybridized carbons (Fsp3) is 0.368. The van der Waals surface area contributed by atoms with Gasteiger partial charge in [0, 0.05) is 30.7 Å². The molecule has 134 valence electrons. The number of nitrogens with zero attached hydrogens (tertiary/aromatic N) is 5. The van der Waals surface area contributed by atoms with E-state index in [2.05, 4.69) is 36.2 Å². The van der Waals surface area contributed by atoms with E-state index in [4.69, 9.17) is 4.98 Å². The number of pyridine rings is 1. The van der Waals surface area contributed by atoms with Gasteiger partial charge in [-0.05, 0) is 44.9 Å². The summed E-state index contributed by atoms with van der Waals surface area (Å²) in [7, 11) is 0. The van der Waals surface area contributed by atoms with E-state index in [1.807, 2.05) is 32.2 Å². The Labute approximate surface area is 152 Å². The molecule has 7 nitrogen and oxygen atoms in total. The molecule has 1 atom stereocenters.